The van der Waals surface area contributed by atoms with E-state index in [0.717, 1.165) is 16.8 Å². The highest BCUT2D eigenvalue weighted by atomic mass is 19.1. The smallest absolute Gasteiger partial charge is 0.304 e. The van der Waals surface area contributed by atoms with Crippen LogP contribution in [0.25, 0.3) is 0 Å². The molecule has 0 saturated carbocycles. The van der Waals surface area contributed by atoms with Crippen molar-refractivity contribution in [1.29, 1.82) is 0 Å². The molecule has 2 N–H and O–H groups in total. The van der Waals surface area contributed by atoms with Crippen LogP contribution in [-0.2, 0) is 4.79 Å². The zero-order chi connectivity index (χ0) is 24.2. The van der Waals surface area contributed by atoms with Crippen LogP contribution in [0.15, 0.2) is 72.8 Å². The van der Waals surface area contributed by atoms with Gasteiger partial charge in [0.25, 0.3) is 5.91 Å². The van der Waals surface area contributed by atoms with Crippen molar-refractivity contribution < 1.29 is 23.4 Å². The summed E-state index contributed by atoms with van der Waals surface area (Å²) in [6, 6.07) is 19.0. The number of carbonyl (C=O) groups is 2. The van der Waals surface area contributed by atoms with E-state index in [-0.39, 0.29) is 11.5 Å². The maximum absolute atomic E-state index is 13.3. The predicted molar refractivity (Wildman–Crippen MR) is 128 cm³/mol. The number of hydrazine groups is 1. The van der Waals surface area contributed by atoms with Crippen molar-refractivity contribution >= 4 is 23.7 Å². The van der Waals surface area contributed by atoms with E-state index >= 15 is 0 Å². The van der Waals surface area contributed by atoms with Crippen molar-refractivity contribution in [3.05, 3.63) is 95.3 Å². The Hall–Kier alpha value is -4.20. The molecule has 0 aliphatic carbocycles. The largest absolute Gasteiger partial charge is 0.497 e. The Kier molecular flexibility index (Phi) is 6.58. The summed E-state index contributed by atoms with van der Waals surface area (Å²) in [5.41, 5.74) is 5.87. The summed E-state index contributed by atoms with van der Waals surface area (Å²) < 4.78 is 20.2. The lowest BCUT2D eigenvalue weighted by molar-refractivity contribution is -0.596. The van der Waals surface area contributed by atoms with Gasteiger partial charge < -0.3 is 15.0 Å². The molecule has 4 rings (SSSR count). The van der Waals surface area contributed by atoms with Crippen molar-refractivity contribution in [2.45, 2.75) is 12.1 Å². The van der Waals surface area contributed by atoms with Crippen LogP contribution in [0.4, 0.5) is 10.1 Å². The molecular formula is C26H26FN4O3+. The van der Waals surface area contributed by atoms with Gasteiger partial charge in [-0.15, -0.1) is 10.1 Å². The molecule has 1 heterocycles. The predicted octanol–water partition coefficient (Wildman–Crippen LogP) is 2.92. The van der Waals surface area contributed by atoms with Gasteiger partial charge in [-0.25, -0.2) is 4.39 Å². The number of anilines is 1. The molecule has 0 radical (unpaired) electrons. The number of hydrogen-bond acceptors (Lipinski definition) is 4. The first-order valence-corrected chi connectivity index (χ1v) is 10.8. The Labute approximate surface area is 197 Å². The zero-order valence-electron chi connectivity index (χ0n) is 19.2. The monoisotopic (exact) mass is 461 g/mol. The molecule has 1 aliphatic heterocycles. The first kappa shape index (κ1) is 23.0. The average molecular weight is 462 g/mol. The molecule has 1 fully saturated rings. The Bertz CT molecular complexity index is 1210. The third-order valence-corrected chi connectivity index (χ3v) is 5.69. The third kappa shape index (κ3) is 4.91. The minimum Gasteiger partial charge on any atom is -0.497 e. The summed E-state index contributed by atoms with van der Waals surface area (Å²) in [4.78, 5) is 27.8. The number of carbonyl (C=O) groups excluding carboxylic acids is 2. The lowest BCUT2D eigenvalue weighted by atomic mass is 9.99. The van der Waals surface area contributed by atoms with E-state index in [1.165, 1.54) is 24.3 Å². The van der Waals surface area contributed by atoms with Crippen molar-refractivity contribution in [3.8, 4) is 5.75 Å². The first-order valence-electron chi connectivity index (χ1n) is 10.8. The fourth-order valence-electron chi connectivity index (χ4n) is 3.83. The van der Waals surface area contributed by atoms with E-state index in [1.54, 1.807) is 23.9 Å². The molecule has 34 heavy (non-hydrogen) atoms. The third-order valence-electron chi connectivity index (χ3n) is 5.69. The van der Waals surface area contributed by atoms with Gasteiger partial charge in [0.2, 0.25) is 12.3 Å². The summed E-state index contributed by atoms with van der Waals surface area (Å²) in [7, 11) is 5.51. The molecule has 2 atom stereocenters. The highest BCUT2D eigenvalue weighted by molar-refractivity contribution is 5.98. The molecule has 174 valence electrons. The number of rotatable bonds is 6. The van der Waals surface area contributed by atoms with E-state index < -0.39 is 23.8 Å². The number of amides is 2. The molecule has 3 aromatic rings. The Balaban J connectivity index is 1.68. The van der Waals surface area contributed by atoms with Gasteiger partial charge in [-0.2, -0.15) is 0 Å². The Morgan fingerprint density at radius 1 is 1.03 bits per heavy atom. The van der Waals surface area contributed by atoms with Crippen LogP contribution in [-0.4, -0.2) is 50.0 Å². The van der Waals surface area contributed by atoms with E-state index in [9.17, 15) is 14.0 Å². The summed E-state index contributed by atoms with van der Waals surface area (Å²) in [6.45, 7) is 0. The van der Waals surface area contributed by atoms with Crippen LogP contribution in [0.1, 0.15) is 27.5 Å². The normalized spacial score (nSPS) is 18.5. The van der Waals surface area contributed by atoms with E-state index in [1.807, 2.05) is 61.6 Å². The van der Waals surface area contributed by atoms with Crippen LogP contribution < -0.4 is 20.4 Å². The lowest BCUT2D eigenvalue weighted by Gasteiger charge is -2.15. The van der Waals surface area contributed by atoms with Gasteiger partial charge >= 0.3 is 5.91 Å². The number of hydrazone groups is 1. The highest BCUT2D eigenvalue weighted by Crippen LogP contribution is 2.27. The molecule has 1 saturated heterocycles. The van der Waals surface area contributed by atoms with Gasteiger partial charge in [-0.3, -0.25) is 9.59 Å². The number of hydrogen-bond donors (Lipinski definition) is 2. The maximum atomic E-state index is 13.3. The number of benzene rings is 3. The van der Waals surface area contributed by atoms with E-state index in [2.05, 4.69) is 10.7 Å². The van der Waals surface area contributed by atoms with Crippen molar-refractivity contribution in [2.24, 2.45) is 0 Å². The molecule has 0 unspecified atom stereocenters. The van der Waals surface area contributed by atoms with Crippen LogP contribution in [0.3, 0.4) is 0 Å². The molecule has 7 nitrogen and oxygen atoms in total. The first-order chi connectivity index (χ1) is 16.4. The topological polar surface area (TPSA) is 73.7 Å². The number of methoxy groups -OCH3 is 1. The molecule has 8 heteroatoms. The van der Waals surface area contributed by atoms with Gasteiger partial charge in [-0.05, 0) is 72.8 Å². The van der Waals surface area contributed by atoms with Crippen LogP contribution in [0, 0.1) is 5.82 Å². The highest BCUT2D eigenvalue weighted by Gasteiger charge is 2.47. The van der Waals surface area contributed by atoms with Gasteiger partial charge in [0, 0.05) is 36.5 Å². The number of nitrogens with zero attached hydrogens (tertiary/aromatic N) is 2. The minimum atomic E-state index is -0.872. The van der Waals surface area contributed by atoms with Gasteiger partial charge in [-0.1, -0.05) is 0 Å². The fourth-order valence-corrected chi connectivity index (χ4v) is 3.83. The SMILES string of the molecule is COc1ccc([C@@H]2[C@@H](NC(=O)c3ccc(F)cc3)C(=O)N/[N+]2=C\c2ccc(N(C)C)cc2)cc1. The van der Waals surface area contributed by atoms with Gasteiger partial charge in [0.05, 0.1) is 7.11 Å². The Morgan fingerprint density at radius 2 is 1.68 bits per heavy atom. The zero-order valence-corrected chi connectivity index (χ0v) is 19.2. The van der Waals surface area contributed by atoms with E-state index in [4.69, 9.17) is 4.74 Å². The average Bonchev–Trinajstić information content (AvgIpc) is 3.14. The number of nitrogens with one attached hydrogen (secondary N) is 2. The molecule has 0 aromatic heterocycles. The second kappa shape index (κ2) is 9.74. The molecule has 0 spiro atoms. The van der Waals surface area contributed by atoms with E-state index in [0.29, 0.717) is 5.75 Å². The Morgan fingerprint density at radius 3 is 2.26 bits per heavy atom. The van der Waals surface area contributed by atoms with Crippen molar-refractivity contribution in [2.75, 3.05) is 26.1 Å². The van der Waals surface area contributed by atoms with Crippen LogP contribution in [0.2, 0.25) is 0 Å². The summed E-state index contributed by atoms with van der Waals surface area (Å²) in [5.74, 6) is -0.566. The number of halogens is 1. The molecule has 2 amide bonds. The summed E-state index contributed by atoms with van der Waals surface area (Å²) in [5, 5.41) is 2.81. The molecular weight excluding hydrogens is 435 g/mol. The molecule has 1 aliphatic rings. The quantitative estimate of drug-likeness (QED) is 0.554. The van der Waals surface area contributed by atoms with Gasteiger partial charge in [0.1, 0.15) is 11.6 Å². The fraction of sp³-hybridized carbons (Fsp3) is 0.192. The molecule has 0 bridgehead atoms. The van der Waals surface area contributed by atoms with Gasteiger partial charge in [0.15, 0.2) is 6.04 Å². The standard InChI is InChI=1S/C26H25FN4O3/c1-30(2)21-12-4-17(5-13-21)16-31-24(18-8-14-22(34-3)15-9-18)23(26(33)29-31)28-25(32)19-6-10-20(27)11-7-19/h4-16,23-24H,1-3H3,(H-,28,29,32,33)/p+1/t23-,24-/m1/s1. The molecule has 3 aromatic carbocycles. The van der Waals surface area contributed by atoms with Crippen LogP contribution in [0.5, 0.6) is 5.75 Å². The van der Waals surface area contributed by atoms with Crippen LogP contribution >= 0.6 is 0 Å². The summed E-state index contributed by atoms with van der Waals surface area (Å²) >= 11 is 0. The van der Waals surface area contributed by atoms with Crippen molar-refractivity contribution in [1.82, 2.24) is 10.7 Å². The van der Waals surface area contributed by atoms with Crippen molar-refractivity contribution in [3.63, 3.8) is 0 Å². The second-order valence-electron chi connectivity index (χ2n) is 8.17. The minimum absolute atomic E-state index is 0.268. The lowest BCUT2D eigenvalue weighted by Crippen LogP contribution is -2.42. The summed E-state index contributed by atoms with van der Waals surface area (Å²) in [6.07, 6.45) is 1.83. The number of ether oxygens (including phenoxy) is 1. The maximum Gasteiger partial charge on any atom is 0.304 e. The second-order valence-corrected chi connectivity index (χ2v) is 8.17.